The van der Waals surface area contributed by atoms with E-state index < -0.39 is 5.91 Å². The Morgan fingerprint density at radius 2 is 2.09 bits per heavy atom. The summed E-state index contributed by atoms with van der Waals surface area (Å²) in [5.74, 6) is -0.780. The van der Waals surface area contributed by atoms with E-state index in [-0.39, 0.29) is 11.5 Å². The van der Waals surface area contributed by atoms with Crippen LogP contribution in [-0.2, 0) is 0 Å². The van der Waals surface area contributed by atoms with E-state index in [9.17, 15) is 9.18 Å². The average Bonchev–Trinajstić information content (AvgIpc) is 3.18. The summed E-state index contributed by atoms with van der Waals surface area (Å²) in [6, 6.07) is 11.0. The van der Waals surface area contributed by atoms with E-state index in [1.807, 2.05) is 6.07 Å². The average molecular weight is 349 g/mol. The van der Waals surface area contributed by atoms with Crippen LogP contribution in [0.15, 0.2) is 47.6 Å². The molecule has 0 aliphatic carbocycles. The quantitative estimate of drug-likeness (QED) is 0.557. The molecule has 0 spiro atoms. The van der Waals surface area contributed by atoms with Gasteiger partial charge >= 0.3 is 0 Å². The third kappa shape index (κ3) is 3.82. The van der Waals surface area contributed by atoms with Gasteiger partial charge in [0.1, 0.15) is 5.82 Å². The second kappa shape index (κ2) is 6.72. The molecule has 2 N–H and O–H groups in total. The maximum Gasteiger partial charge on any atom is 0.291 e. The first-order chi connectivity index (χ1) is 11.1. The van der Waals surface area contributed by atoms with Gasteiger partial charge in [-0.3, -0.25) is 9.89 Å². The Morgan fingerprint density at radius 3 is 2.78 bits per heavy atom. The van der Waals surface area contributed by atoms with Gasteiger partial charge < -0.3 is 0 Å². The Kier molecular flexibility index (Phi) is 4.50. The molecule has 0 fully saturated rings. The van der Waals surface area contributed by atoms with Crippen molar-refractivity contribution in [1.29, 1.82) is 0 Å². The minimum Gasteiger partial charge on any atom is -0.276 e. The highest BCUT2D eigenvalue weighted by atomic mass is 35.5. The van der Waals surface area contributed by atoms with Gasteiger partial charge in [0.05, 0.1) is 21.1 Å². The second-order valence-corrected chi connectivity index (χ2v) is 6.24. The van der Waals surface area contributed by atoms with Crippen molar-refractivity contribution in [1.82, 2.24) is 15.6 Å². The van der Waals surface area contributed by atoms with Crippen LogP contribution in [0.25, 0.3) is 10.6 Å². The zero-order valence-corrected chi connectivity index (χ0v) is 13.2. The summed E-state index contributed by atoms with van der Waals surface area (Å²) in [6.07, 6.45) is 1.42. The van der Waals surface area contributed by atoms with Gasteiger partial charge in [0.15, 0.2) is 5.69 Å². The lowest BCUT2D eigenvalue weighted by molar-refractivity contribution is 0.0950. The number of carbonyl (C=O) groups is 1. The number of H-pyrrole nitrogens is 1. The van der Waals surface area contributed by atoms with Crippen molar-refractivity contribution in [2.45, 2.75) is 0 Å². The summed E-state index contributed by atoms with van der Waals surface area (Å²) < 4.78 is 13.4. The van der Waals surface area contributed by atoms with Gasteiger partial charge in [0.25, 0.3) is 5.91 Å². The van der Waals surface area contributed by atoms with E-state index >= 15 is 0 Å². The van der Waals surface area contributed by atoms with Crippen molar-refractivity contribution in [2.75, 3.05) is 0 Å². The van der Waals surface area contributed by atoms with Gasteiger partial charge in [-0.05, 0) is 35.9 Å². The number of nitrogens with one attached hydrogen (secondary N) is 2. The van der Waals surface area contributed by atoms with Crippen LogP contribution < -0.4 is 5.43 Å². The molecular weight excluding hydrogens is 339 g/mol. The number of hydrogen-bond acceptors (Lipinski definition) is 4. The summed E-state index contributed by atoms with van der Waals surface area (Å²) >= 11 is 7.26. The molecule has 0 atom stereocenters. The van der Waals surface area contributed by atoms with Gasteiger partial charge in [0.2, 0.25) is 0 Å². The van der Waals surface area contributed by atoms with Gasteiger partial charge in [-0.2, -0.15) is 10.2 Å². The zero-order valence-electron chi connectivity index (χ0n) is 11.6. The first-order valence-electron chi connectivity index (χ1n) is 6.52. The fourth-order valence-corrected chi connectivity index (χ4v) is 2.80. The smallest absolute Gasteiger partial charge is 0.276 e. The van der Waals surface area contributed by atoms with Crippen LogP contribution in [0.2, 0.25) is 4.34 Å². The number of rotatable bonds is 4. The van der Waals surface area contributed by atoms with Crippen LogP contribution in [-0.4, -0.2) is 22.3 Å². The zero-order chi connectivity index (χ0) is 16.2. The molecule has 0 bridgehead atoms. The first-order valence-corrected chi connectivity index (χ1v) is 7.71. The Labute approximate surface area is 139 Å². The number of benzene rings is 1. The molecule has 3 aromatic rings. The molecule has 0 saturated carbocycles. The lowest BCUT2D eigenvalue weighted by Crippen LogP contribution is -2.17. The lowest BCUT2D eigenvalue weighted by Gasteiger charge is -1.95. The number of aromatic nitrogens is 2. The van der Waals surface area contributed by atoms with E-state index in [1.54, 1.807) is 24.3 Å². The molecule has 2 aromatic heterocycles. The number of halogens is 2. The number of carbonyl (C=O) groups excluding carboxylic acids is 1. The van der Waals surface area contributed by atoms with Gasteiger partial charge in [-0.15, -0.1) is 11.3 Å². The van der Waals surface area contributed by atoms with Gasteiger partial charge in [-0.25, -0.2) is 9.82 Å². The summed E-state index contributed by atoms with van der Waals surface area (Å²) in [4.78, 5) is 12.8. The van der Waals surface area contributed by atoms with Crippen molar-refractivity contribution in [2.24, 2.45) is 5.10 Å². The molecule has 3 rings (SSSR count). The van der Waals surface area contributed by atoms with Crippen LogP contribution in [0, 0.1) is 5.82 Å². The number of thiophene rings is 1. The maximum absolute atomic E-state index is 12.8. The largest absolute Gasteiger partial charge is 0.291 e. The van der Waals surface area contributed by atoms with E-state index in [4.69, 9.17) is 11.6 Å². The number of nitrogens with zero attached hydrogens (tertiary/aromatic N) is 2. The molecule has 0 unspecified atom stereocenters. The Bertz CT molecular complexity index is 857. The molecule has 0 radical (unpaired) electrons. The SMILES string of the molecule is O=C(N/N=C\c1ccc(F)cc1)c1cc(-c2ccc(Cl)s2)[nH]n1. The van der Waals surface area contributed by atoms with Crippen molar-refractivity contribution >= 4 is 35.1 Å². The Hall–Kier alpha value is -2.51. The molecule has 116 valence electrons. The fraction of sp³-hybridized carbons (Fsp3) is 0. The molecule has 8 heteroatoms. The fourth-order valence-electron chi connectivity index (χ4n) is 1.79. The molecular formula is C15H10ClFN4OS. The van der Waals surface area contributed by atoms with Crippen molar-refractivity contribution in [3.8, 4) is 10.6 Å². The van der Waals surface area contributed by atoms with E-state index in [0.717, 1.165) is 4.88 Å². The van der Waals surface area contributed by atoms with Crippen molar-refractivity contribution in [3.05, 3.63) is 63.9 Å². The molecule has 0 saturated heterocycles. The second-order valence-electron chi connectivity index (χ2n) is 4.52. The maximum atomic E-state index is 12.8. The van der Waals surface area contributed by atoms with E-state index in [1.165, 1.54) is 29.7 Å². The standard InChI is InChI=1S/C15H10ClFN4OS/c16-14-6-5-13(23-14)11-7-12(20-19-11)15(22)21-18-8-9-1-3-10(17)4-2-9/h1-8H,(H,19,20)(H,21,22)/b18-8-. The minimum atomic E-state index is -0.450. The van der Waals surface area contributed by atoms with Crippen molar-refractivity contribution < 1.29 is 9.18 Å². The molecule has 23 heavy (non-hydrogen) atoms. The summed E-state index contributed by atoms with van der Waals surface area (Å²) in [5.41, 5.74) is 3.95. The Balaban J connectivity index is 1.64. The summed E-state index contributed by atoms with van der Waals surface area (Å²) in [6.45, 7) is 0. The third-order valence-corrected chi connectivity index (χ3v) is 4.16. The summed E-state index contributed by atoms with van der Waals surface area (Å²) in [7, 11) is 0. The molecule has 1 amide bonds. The monoisotopic (exact) mass is 348 g/mol. The van der Waals surface area contributed by atoms with Crippen LogP contribution >= 0.6 is 22.9 Å². The predicted octanol–water partition coefficient (Wildman–Crippen LogP) is 3.69. The number of hydrazone groups is 1. The van der Waals surface area contributed by atoms with E-state index in [2.05, 4.69) is 20.7 Å². The van der Waals surface area contributed by atoms with Crippen LogP contribution in [0.1, 0.15) is 16.1 Å². The normalized spacial score (nSPS) is 11.0. The summed E-state index contributed by atoms with van der Waals surface area (Å²) in [5, 5.41) is 10.5. The molecule has 1 aromatic carbocycles. The third-order valence-electron chi connectivity index (χ3n) is 2.90. The highest BCUT2D eigenvalue weighted by molar-refractivity contribution is 7.19. The minimum absolute atomic E-state index is 0.209. The predicted molar refractivity (Wildman–Crippen MR) is 88.4 cm³/mol. The topological polar surface area (TPSA) is 70.1 Å². The molecule has 2 heterocycles. The number of aromatic amines is 1. The lowest BCUT2D eigenvalue weighted by atomic mass is 10.2. The number of hydrogen-bond donors (Lipinski definition) is 2. The van der Waals surface area contributed by atoms with Crippen LogP contribution in [0.3, 0.4) is 0 Å². The van der Waals surface area contributed by atoms with Crippen molar-refractivity contribution in [3.63, 3.8) is 0 Å². The van der Waals surface area contributed by atoms with Crippen LogP contribution in [0.5, 0.6) is 0 Å². The highest BCUT2D eigenvalue weighted by Crippen LogP contribution is 2.29. The first kappa shape index (κ1) is 15.4. The molecule has 0 aliphatic heterocycles. The highest BCUT2D eigenvalue weighted by Gasteiger charge is 2.11. The van der Waals surface area contributed by atoms with Crippen LogP contribution in [0.4, 0.5) is 4.39 Å². The Morgan fingerprint density at radius 1 is 1.30 bits per heavy atom. The van der Waals surface area contributed by atoms with Gasteiger partial charge in [-0.1, -0.05) is 23.7 Å². The van der Waals surface area contributed by atoms with Gasteiger partial charge in [0, 0.05) is 0 Å². The number of amides is 1. The van der Waals surface area contributed by atoms with E-state index in [0.29, 0.717) is 15.6 Å². The molecule has 0 aliphatic rings. The molecule has 5 nitrogen and oxygen atoms in total.